The van der Waals surface area contributed by atoms with E-state index in [2.05, 4.69) is 15.9 Å². The molecule has 15 heavy (non-hydrogen) atoms. The standard InChI is InChI=1S/C10H11BrO4/c11-8-3-1-7(2-4-8)10(14)15-6-9(13)5-12/h1-4,9,12-13H,5-6H2/t9-/m1/s1. The third kappa shape index (κ3) is 3.99. The van der Waals surface area contributed by atoms with E-state index in [1.165, 1.54) is 0 Å². The van der Waals surface area contributed by atoms with Crippen molar-refractivity contribution in [1.82, 2.24) is 0 Å². The number of hydrogen-bond donors (Lipinski definition) is 2. The highest BCUT2D eigenvalue weighted by Crippen LogP contribution is 2.11. The van der Waals surface area contributed by atoms with Gasteiger partial charge in [0.25, 0.3) is 0 Å². The maximum atomic E-state index is 11.3. The van der Waals surface area contributed by atoms with Crippen molar-refractivity contribution >= 4 is 21.9 Å². The van der Waals surface area contributed by atoms with Gasteiger partial charge in [-0.3, -0.25) is 0 Å². The number of carbonyl (C=O) groups excluding carboxylic acids is 1. The molecule has 0 radical (unpaired) electrons. The molecule has 0 heterocycles. The number of benzene rings is 1. The van der Waals surface area contributed by atoms with E-state index >= 15 is 0 Å². The van der Waals surface area contributed by atoms with Crippen LogP contribution in [0.5, 0.6) is 0 Å². The first-order valence-corrected chi connectivity index (χ1v) is 5.14. The molecule has 2 N–H and O–H groups in total. The average Bonchev–Trinajstić information content (AvgIpc) is 2.26. The molecule has 1 aromatic carbocycles. The molecule has 0 unspecified atom stereocenters. The first-order chi connectivity index (χ1) is 7.13. The molecule has 0 aromatic heterocycles. The Balaban J connectivity index is 2.50. The van der Waals surface area contributed by atoms with E-state index in [0.29, 0.717) is 5.56 Å². The van der Waals surface area contributed by atoms with Crippen LogP contribution in [0.1, 0.15) is 10.4 Å². The number of hydrogen-bond acceptors (Lipinski definition) is 4. The lowest BCUT2D eigenvalue weighted by molar-refractivity contribution is 0.00933. The summed E-state index contributed by atoms with van der Waals surface area (Å²) in [4.78, 5) is 11.3. The van der Waals surface area contributed by atoms with Crippen molar-refractivity contribution in [3.05, 3.63) is 34.3 Å². The number of halogens is 1. The van der Waals surface area contributed by atoms with Crippen LogP contribution in [0.3, 0.4) is 0 Å². The van der Waals surface area contributed by atoms with Gasteiger partial charge in [-0.25, -0.2) is 4.79 Å². The normalized spacial score (nSPS) is 12.2. The van der Waals surface area contributed by atoms with E-state index in [1.54, 1.807) is 24.3 Å². The fourth-order valence-corrected chi connectivity index (χ4v) is 1.16. The largest absolute Gasteiger partial charge is 0.459 e. The van der Waals surface area contributed by atoms with E-state index in [9.17, 15) is 4.79 Å². The Morgan fingerprint density at radius 1 is 1.40 bits per heavy atom. The van der Waals surface area contributed by atoms with Crippen LogP contribution >= 0.6 is 15.9 Å². The van der Waals surface area contributed by atoms with Gasteiger partial charge < -0.3 is 14.9 Å². The number of esters is 1. The second kappa shape index (κ2) is 5.85. The van der Waals surface area contributed by atoms with Gasteiger partial charge in [-0.1, -0.05) is 15.9 Å². The summed E-state index contributed by atoms with van der Waals surface area (Å²) in [5, 5.41) is 17.5. The Kier molecular flexibility index (Phi) is 4.74. The molecule has 0 spiro atoms. The van der Waals surface area contributed by atoms with Gasteiger partial charge >= 0.3 is 5.97 Å². The minimum absolute atomic E-state index is 0.203. The Bertz CT molecular complexity index is 323. The summed E-state index contributed by atoms with van der Waals surface area (Å²) in [7, 11) is 0. The summed E-state index contributed by atoms with van der Waals surface area (Å²) < 4.78 is 5.63. The van der Waals surface area contributed by atoms with Crippen molar-refractivity contribution < 1.29 is 19.7 Å². The highest BCUT2D eigenvalue weighted by Gasteiger charge is 2.09. The van der Waals surface area contributed by atoms with E-state index < -0.39 is 18.7 Å². The lowest BCUT2D eigenvalue weighted by Gasteiger charge is -2.08. The van der Waals surface area contributed by atoms with Gasteiger partial charge in [0.05, 0.1) is 12.2 Å². The van der Waals surface area contributed by atoms with Crippen LogP contribution in [0.4, 0.5) is 0 Å². The van der Waals surface area contributed by atoms with Gasteiger partial charge in [-0.15, -0.1) is 0 Å². The summed E-state index contributed by atoms with van der Waals surface area (Å²) in [6.45, 7) is -0.626. The molecule has 1 rings (SSSR count). The summed E-state index contributed by atoms with van der Waals surface area (Å²) in [5.41, 5.74) is 0.406. The Hall–Kier alpha value is -0.910. The number of aliphatic hydroxyl groups is 2. The van der Waals surface area contributed by atoms with Gasteiger partial charge in [0.15, 0.2) is 0 Å². The van der Waals surface area contributed by atoms with Crippen LogP contribution in [0.15, 0.2) is 28.7 Å². The third-order valence-corrected chi connectivity index (χ3v) is 2.23. The van der Waals surface area contributed by atoms with Crippen LogP contribution < -0.4 is 0 Å². The van der Waals surface area contributed by atoms with Gasteiger partial charge in [-0.05, 0) is 24.3 Å². The molecule has 1 aromatic rings. The number of carbonyl (C=O) groups is 1. The summed E-state index contributed by atoms with van der Waals surface area (Å²) >= 11 is 3.24. The first kappa shape index (κ1) is 12.2. The minimum Gasteiger partial charge on any atom is -0.459 e. The van der Waals surface area contributed by atoms with Gasteiger partial charge in [0.2, 0.25) is 0 Å². The lowest BCUT2D eigenvalue weighted by atomic mass is 10.2. The third-order valence-electron chi connectivity index (χ3n) is 1.70. The molecule has 82 valence electrons. The SMILES string of the molecule is O=C(OC[C@H](O)CO)c1ccc(Br)cc1. The molecular weight excluding hydrogens is 264 g/mol. The number of ether oxygens (including phenoxy) is 1. The van der Waals surface area contributed by atoms with Crippen LogP contribution in [0.2, 0.25) is 0 Å². The van der Waals surface area contributed by atoms with Crippen LogP contribution in [0.25, 0.3) is 0 Å². The minimum atomic E-state index is -1.02. The molecular formula is C10H11BrO4. The number of rotatable bonds is 4. The van der Waals surface area contributed by atoms with Crippen LogP contribution in [0, 0.1) is 0 Å². The highest BCUT2D eigenvalue weighted by atomic mass is 79.9. The van der Waals surface area contributed by atoms with E-state index in [0.717, 1.165) is 4.47 Å². The van der Waals surface area contributed by atoms with E-state index in [4.69, 9.17) is 14.9 Å². The fourth-order valence-electron chi connectivity index (χ4n) is 0.894. The van der Waals surface area contributed by atoms with Crippen molar-refractivity contribution in [2.75, 3.05) is 13.2 Å². The van der Waals surface area contributed by atoms with Gasteiger partial charge in [0.1, 0.15) is 12.7 Å². The van der Waals surface area contributed by atoms with Crippen molar-refractivity contribution in [1.29, 1.82) is 0 Å². The molecule has 0 fully saturated rings. The van der Waals surface area contributed by atoms with Crippen molar-refractivity contribution in [2.45, 2.75) is 6.10 Å². The van der Waals surface area contributed by atoms with Gasteiger partial charge in [-0.2, -0.15) is 0 Å². The predicted octanol–water partition coefficient (Wildman–Crippen LogP) is 0.959. The van der Waals surface area contributed by atoms with Crippen LogP contribution in [-0.4, -0.2) is 35.5 Å². The highest BCUT2D eigenvalue weighted by molar-refractivity contribution is 9.10. The average molecular weight is 275 g/mol. The van der Waals surface area contributed by atoms with Crippen molar-refractivity contribution in [2.24, 2.45) is 0 Å². The second-order valence-corrected chi connectivity index (χ2v) is 3.86. The second-order valence-electron chi connectivity index (χ2n) is 2.94. The molecule has 4 nitrogen and oxygen atoms in total. The molecule has 1 atom stereocenters. The summed E-state index contributed by atoms with van der Waals surface area (Å²) in [6, 6.07) is 6.66. The topological polar surface area (TPSA) is 66.8 Å². The Labute approximate surface area is 95.6 Å². The lowest BCUT2D eigenvalue weighted by Crippen LogP contribution is -2.21. The molecule has 0 saturated heterocycles. The zero-order valence-corrected chi connectivity index (χ0v) is 9.48. The van der Waals surface area contributed by atoms with Gasteiger partial charge in [0, 0.05) is 4.47 Å². The molecule has 5 heteroatoms. The monoisotopic (exact) mass is 274 g/mol. The molecule has 0 saturated carbocycles. The zero-order valence-electron chi connectivity index (χ0n) is 7.89. The smallest absolute Gasteiger partial charge is 0.338 e. The quantitative estimate of drug-likeness (QED) is 0.803. The summed E-state index contributed by atoms with van der Waals surface area (Å²) in [5.74, 6) is -0.519. The predicted molar refractivity (Wildman–Crippen MR) is 57.5 cm³/mol. The van der Waals surface area contributed by atoms with Crippen molar-refractivity contribution in [3.8, 4) is 0 Å². The zero-order chi connectivity index (χ0) is 11.3. The maximum Gasteiger partial charge on any atom is 0.338 e. The Morgan fingerprint density at radius 2 is 2.00 bits per heavy atom. The number of aliphatic hydroxyl groups excluding tert-OH is 2. The molecule has 0 aliphatic heterocycles. The summed E-state index contributed by atoms with van der Waals surface area (Å²) in [6.07, 6.45) is -1.02. The van der Waals surface area contributed by atoms with E-state index in [-0.39, 0.29) is 6.61 Å². The Morgan fingerprint density at radius 3 is 2.53 bits per heavy atom. The molecule has 0 amide bonds. The van der Waals surface area contributed by atoms with E-state index in [1.807, 2.05) is 0 Å². The molecule has 0 aliphatic carbocycles. The first-order valence-electron chi connectivity index (χ1n) is 4.35. The molecule has 0 aliphatic rings. The molecule has 0 bridgehead atoms. The van der Waals surface area contributed by atoms with Crippen LogP contribution in [-0.2, 0) is 4.74 Å². The fraction of sp³-hybridized carbons (Fsp3) is 0.300. The maximum absolute atomic E-state index is 11.3. The van der Waals surface area contributed by atoms with Crippen molar-refractivity contribution in [3.63, 3.8) is 0 Å².